The molecule has 5 nitrogen and oxygen atoms in total. The Morgan fingerprint density at radius 1 is 1.03 bits per heavy atom. The molecule has 0 aromatic heterocycles. The lowest BCUT2D eigenvalue weighted by Gasteiger charge is -2.39. The second-order valence-electron chi connectivity index (χ2n) is 7.74. The highest BCUT2D eigenvalue weighted by atomic mass is 35.5. The van der Waals surface area contributed by atoms with Crippen LogP contribution in [0.15, 0.2) is 66.7 Å². The molecule has 158 valence electrons. The van der Waals surface area contributed by atoms with Gasteiger partial charge >= 0.3 is 0 Å². The number of nitrogens with one attached hydrogen (secondary N) is 1. The van der Waals surface area contributed by atoms with Gasteiger partial charge in [-0.05, 0) is 61.9 Å². The van der Waals surface area contributed by atoms with Gasteiger partial charge in [0.2, 0.25) is 0 Å². The fourth-order valence-corrected chi connectivity index (χ4v) is 3.88. The summed E-state index contributed by atoms with van der Waals surface area (Å²) in [4.78, 5) is 27.6. The largest absolute Gasteiger partial charge is 0.476 e. The minimum atomic E-state index is -1.06. The van der Waals surface area contributed by atoms with E-state index in [1.54, 1.807) is 67.3 Å². The summed E-state index contributed by atoms with van der Waals surface area (Å²) in [6, 6.07) is 19.4. The topological polar surface area (TPSA) is 58.6 Å². The van der Waals surface area contributed by atoms with Gasteiger partial charge in [0.25, 0.3) is 11.8 Å². The number of fused-ring (bicyclic) bond motifs is 1. The van der Waals surface area contributed by atoms with Crippen molar-refractivity contribution < 1.29 is 14.3 Å². The molecule has 7 heteroatoms. The molecular weight excluding hydrogens is 435 g/mol. The van der Waals surface area contributed by atoms with Crippen LogP contribution in [0.3, 0.4) is 0 Å². The Labute approximate surface area is 190 Å². The molecule has 0 atom stereocenters. The third kappa shape index (κ3) is 4.38. The Balaban J connectivity index is 1.70. The Morgan fingerprint density at radius 2 is 1.77 bits per heavy atom. The molecule has 31 heavy (non-hydrogen) atoms. The number of ether oxygens (including phenoxy) is 1. The maximum absolute atomic E-state index is 13.2. The number of rotatable bonds is 4. The number of carbonyl (C=O) groups is 2. The molecule has 0 saturated carbocycles. The summed E-state index contributed by atoms with van der Waals surface area (Å²) >= 11 is 12.4. The number of halogens is 2. The predicted molar refractivity (Wildman–Crippen MR) is 123 cm³/mol. The van der Waals surface area contributed by atoms with Gasteiger partial charge in [-0.15, -0.1) is 0 Å². The van der Waals surface area contributed by atoms with E-state index in [1.165, 1.54) is 0 Å². The van der Waals surface area contributed by atoms with Gasteiger partial charge in [0.15, 0.2) is 5.60 Å². The van der Waals surface area contributed by atoms with Crippen molar-refractivity contribution in [2.24, 2.45) is 0 Å². The highest BCUT2D eigenvalue weighted by molar-refractivity contribution is 6.35. The number of hydrogen-bond donors (Lipinski definition) is 1. The molecule has 1 heterocycles. The fourth-order valence-electron chi connectivity index (χ4n) is 3.41. The van der Waals surface area contributed by atoms with Crippen molar-refractivity contribution >= 4 is 46.4 Å². The lowest BCUT2D eigenvalue weighted by Crippen LogP contribution is -2.52. The summed E-state index contributed by atoms with van der Waals surface area (Å²) in [5, 5.41) is 3.83. The van der Waals surface area contributed by atoms with E-state index in [0.29, 0.717) is 32.7 Å². The number of carbonyl (C=O) groups excluding carboxylic acids is 2. The van der Waals surface area contributed by atoms with Crippen LogP contribution in [0.2, 0.25) is 10.0 Å². The zero-order chi connectivity index (χ0) is 22.2. The van der Waals surface area contributed by atoms with E-state index in [-0.39, 0.29) is 18.4 Å². The summed E-state index contributed by atoms with van der Waals surface area (Å²) < 4.78 is 5.92. The molecule has 0 spiro atoms. The zero-order valence-corrected chi connectivity index (χ0v) is 18.5. The van der Waals surface area contributed by atoms with Crippen LogP contribution in [-0.4, -0.2) is 17.4 Å². The van der Waals surface area contributed by atoms with E-state index in [9.17, 15) is 9.59 Å². The van der Waals surface area contributed by atoms with E-state index in [1.807, 2.05) is 18.2 Å². The lowest BCUT2D eigenvalue weighted by atomic mass is 10.0. The SMILES string of the molecule is CC1(C)Oc2ccc(C(=O)Nc3ccccc3)cc2N(Cc2ccc(Cl)cc2Cl)C1=O. The van der Waals surface area contributed by atoms with E-state index >= 15 is 0 Å². The van der Waals surface area contributed by atoms with Gasteiger partial charge in [0.05, 0.1) is 12.2 Å². The summed E-state index contributed by atoms with van der Waals surface area (Å²) in [6.07, 6.45) is 0. The quantitative estimate of drug-likeness (QED) is 0.529. The smallest absolute Gasteiger partial charge is 0.271 e. The molecule has 3 aromatic rings. The molecular formula is C24H20Cl2N2O3. The molecule has 0 bridgehead atoms. The standard InChI is InChI=1S/C24H20Cl2N2O3/c1-24(2)23(30)28(14-16-8-10-17(25)13-19(16)26)20-12-15(9-11-21(20)31-24)22(29)27-18-6-4-3-5-7-18/h3-13H,14H2,1-2H3,(H,27,29). The van der Waals surface area contributed by atoms with Crippen LogP contribution >= 0.6 is 23.2 Å². The van der Waals surface area contributed by atoms with Crippen LogP contribution in [0.5, 0.6) is 5.75 Å². The highest BCUT2D eigenvalue weighted by Gasteiger charge is 2.41. The van der Waals surface area contributed by atoms with Crippen molar-refractivity contribution in [1.82, 2.24) is 0 Å². The normalized spacial score (nSPS) is 14.6. The second-order valence-corrected chi connectivity index (χ2v) is 8.59. The molecule has 4 rings (SSSR count). The van der Waals surface area contributed by atoms with Crippen LogP contribution in [0.25, 0.3) is 0 Å². The first-order chi connectivity index (χ1) is 14.7. The molecule has 1 aliphatic heterocycles. The number of amides is 2. The molecule has 0 radical (unpaired) electrons. The maximum atomic E-state index is 13.2. The molecule has 1 N–H and O–H groups in total. The summed E-state index contributed by atoms with van der Waals surface area (Å²) in [5.41, 5.74) is 1.28. The Kier molecular flexibility index (Phi) is 5.65. The Hall–Kier alpha value is -3.02. The first kappa shape index (κ1) is 21.2. The Bertz CT molecular complexity index is 1160. The number of nitrogens with zero attached hydrogens (tertiary/aromatic N) is 1. The first-order valence-corrected chi connectivity index (χ1v) is 10.5. The minimum Gasteiger partial charge on any atom is -0.476 e. The molecule has 0 fully saturated rings. The van der Waals surface area contributed by atoms with Gasteiger partial charge in [0.1, 0.15) is 5.75 Å². The van der Waals surface area contributed by atoms with Crippen molar-refractivity contribution in [2.75, 3.05) is 10.2 Å². The number of benzene rings is 3. The van der Waals surface area contributed by atoms with Crippen LogP contribution < -0.4 is 15.0 Å². The van der Waals surface area contributed by atoms with E-state index < -0.39 is 5.60 Å². The zero-order valence-electron chi connectivity index (χ0n) is 17.0. The van der Waals surface area contributed by atoms with Crippen LogP contribution in [0.1, 0.15) is 29.8 Å². The van der Waals surface area contributed by atoms with Crippen molar-refractivity contribution in [3.05, 3.63) is 87.9 Å². The molecule has 0 unspecified atom stereocenters. The first-order valence-electron chi connectivity index (χ1n) is 9.70. The summed E-state index contributed by atoms with van der Waals surface area (Å²) in [6.45, 7) is 3.65. The second kappa shape index (κ2) is 8.25. The van der Waals surface area contributed by atoms with Gasteiger partial charge < -0.3 is 15.0 Å². The van der Waals surface area contributed by atoms with Gasteiger partial charge in [0, 0.05) is 21.3 Å². The van der Waals surface area contributed by atoms with E-state index in [2.05, 4.69) is 5.32 Å². The van der Waals surface area contributed by atoms with Gasteiger partial charge in [-0.2, -0.15) is 0 Å². The van der Waals surface area contributed by atoms with Crippen molar-refractivity contribution in [3.8, 4) is 5.75 Å². The van der Waals surface area contributed by atoms with Crippen LogP contribution in [0.4, 0.5) is 11.4 Å². The highest BCUT2D eigenvalue weighted by Crippen LogP contribution is 2.40. The predicted octanol–water partition coefficient (Wildman–Crippen LogP) is 5.95. The van der Waals surface area contributed by atoms with Crippen molar-refractivity contribution in [3.63, 3.8) is 0 Å². The number of hydrogen-bond acceptors (Lipinski definition) is 3. The molecule has 2 amide bonds. The third-order valence-corrected chi connectivity index (χ3v) is 5.60. The molecule has 0 saturated heterocycles. The van der Waals surface area contributed by atoms with Crippen molar-refractivity contribution in [1.29, 1.82) is 0 Å². The average molecular weight is 455 g/mol. The number of para-hydroxylation sites is 1. The molecule has 3 aromatic carbocycles. The lowest BCUT2D eigenvalue weighted by molar-refractivity contribution is -0.132. The van der Waals surface area contributed by atoms with E-state index in [0.717, 1.165) is 5.56 Å². The molecule has 1 aliphatic rings. The van der Waals surface area contributed by atoms with Gasteiger partial charge in [-0.25, -0.2) is 0 Å². The average Bonchev–Trinajstić information content (AvgIpc) is 2.73. The monoisotopic (exact) mass is 454 g/mol. The van der Waals surface area contributed by atoms with Gasteiger partial charge in [-0.1, -0.05) is 47.5 Å². The molecule has 0 aliphatic carbocycles. The maximum Gasteiger partial charge on any atom is 0.271 e. The van der Waals surface area contributed by atoms with Crippen LogP contribution in [-0.2, 0) is 11.3 Å². The summed E-state index contributed by atoms with van der Waals surface area (Å²) in [7, 11) is 0. The fraction of sp³-hybridized carbons (Fsp3) is 0.167. The van der Waals surface area contributed by atoms with E-state index in [4.69, 9.17) is 27.9 Å². The minimum absolute atomic E-state index is 0.221. The van der Waals surface area contributed by atoms with Crippen LogP contribution in [0, 0.1) is 0 Å². The van der Waals surface area contributed by atoms with Crippen molar-refractivity contribution in [2.45, 2.75) is 26.0 Å². The summed E-state index contributed by atoms with van der Waals surface area (Å²) in [5.74, 6) is 0.00772. The Morgan fingerprint density at radius 3 is 2.48 bits per heavy atom. The number of anilines is 2. The third-order valence-electron chi connectivity index (χ3n) is 5.01. The van der Waals surface area contributed by atoms with Gasteiger partial charge in [-0.3, -0.25) is 9.59 Å².